The Morgan fingerprint density at radius 2 is 1.77 bits per heavy atom. The number of sulfone groups is 1. The van der Waals surface area contributed by atoms with Gasteiger partial charge in [-0.15, -0.1) is 0 Å². The number of thiazole rings is 1. The maximum atomic E-state index is 13.3. The van der Waals surface area contributed by atoms with Crippen LogP contribution in [0.5, 0.6) is 5.75 Å². The molecule has 7 nitrogen and oxygen atoms in total. The molecule has 0 spiro atoms. The Morgan fingerprint density at radius 1 is 1.06 bits per heavy atom. The van der Waals surface area contributed by atoms with Crippen LogP contribution in [0.25, 0.3) is 10.2 Å². The zero-order valence-corrected chi connectivity index (χ0v) is 22.8. The highest BCUT2D eigenvalue weighted by atomic mass is 35.5. The van der Waals surface area contributed by atoms with Crippen LogP contribution in [0.4, 0.5) is 5.13 Å². The second-order valence-electron chi connectivity index (χ2n) is 7.98. The zero-order valence-electron chi connectivity index (χ0n) is 20.4. The molecule has 1 aromatic heterocycles. The van der Waals surface area contributed by atoms with Crippen molar-refractivity contribution in [1.82, 2.24) is 9.88 Å². The molecule has 0 radical (unpaired) electrons. The van der Waals surface area contributed by atoms with E-state index in [0.717, 1.165) is 23.3 Å². The SMILES string of the molecule is CCOc1cccc2sc(N(CCN(CC)CC)C(=O)CCCS(=O)(=O)c3ccc(Cl)cc3)nc12. The van der Waals surface area contributed by atoms with Crippen molar-refractivity contribution in [3.8, 4) is 5.75 Å². The minimum Gasteiger partial charge on any atom is -0.492 e. The summed E-state index contributed by atoms with van der Waals surface area (Å²) >= 11 is 7.31. The van der Waals surface area contributed by atoms with Gasteiger partial charge in [0, 0.05) is 24.5 Å². The molecule has 0 aliphatic carbocycles. The van der Waals surface area contributed by atoms with Crippen molar-refractivity contribution >= 4 is 54.0 Å². The summed E-state index contributed by atoms with van der Waals surface area (Å²) in [7, 11) is -3.50. The number of hydrogen-bond donors (Lipinski definition) is 0. The van der Waals surface area contributed by atoms with E-state index in [-0.39, 0.29) is 29.4 Å². The molecule has 1 amide bonds. The molecule has 0 saturated heterocycles. The standard InChI is InChI=1S/C25H32ClN3O4S2/c1-4-28(5-2)16-17-29(25-27-24-21(33-6-3)9-7-10-22(24)34-25)23(30)11-8-18-35(31,32)20-14-12-19(26)13-15-20/h7,9-10,12-15H,4-6,8,11,16-18H2,1-3H3. The van der Waals surface area contributed by atoms with E-state index in [9.17, 15) is 13.2 Å². The third-order valence-electron chi connectivity index (χ3n) is 5.71. The number of rotatable bonds is 13. The average molecular weight is 538 g/mol. The van der Waals surface area contributed by atoms with E-state index in [1.807, 2.05) is 25.1 Å². The molecule has 0 aliphatic heterocycles. The van der Waals surface area contributed by atoms with Crippen LogP contribution in [0.2, 0.25) is 5.02 Å². The van der Waals surface area contributed by atoms with E-state index in [4.69, 9.17) is 21.3 Å². The molecule has 10 heteroatoms. The summed E-state index contributed by atoms with van der Waals surface area (Å²) in [5, 5.41) is 1.08. The molecular weight excluding hydrogens is 506 g/mol. The monoisotopic (exact) mass is 537 g/mol. The smallest absolute Gasteiger partial charge is 0.228 e. The van der Waals surface area contributed by atoms with Crippen molar-refractivity contribution in [3.63, 3.8) is 0 Å². The van der Waals surface area contributed by atoms with Crippen molar-refractivity contribution in [2.75, 3.05) is 43.4 Å². The molecule has 1 heterocycles. The van der Waals surface area contributed by atoms with E-state index in [2.05, 4.69) is 18.7 Å². The predicted molar refractivity (Wildman–Crippen MR) is 144 cm³/mol. The van der Waals surface area contributed by atoms with E-state index < -0.39 is 9.84 Å². The van der Waals surface area contributed by atoms with Crippen molar-refractivity contribution in [2.45, 2.75) is 38.5 Å². The number of halogens is 1. The van der Waals surface area contributed by atoms with Crippen LogP contribution in [0.3, 0.4) is 0 Å². The van der Waals surface area contributed by atoms with E-state index in [0.29, 0.717) is 35.6 Å². The van der Waals surface area contributed by atoms with Gasteiger partial charge in [0.25, 0.3) is 0 Å². The number of aromatic nitrogens is 1. The van der Waals surface area contributed by atoms with Crippen LogP contribution in [-0.2, 0) is 14.6 Å². The third-order valence-corrected chi connectivity index (χ3v) is 8.83. The van der Waals surface area contributed by atoms with Crippen molar-refractivity contribution in [3.05, 3.63) is 47.5 Å². The van der Waals surface area contributed by atoms with Crippen LogP contribution < -0.4 is 9.64 Å². The lowest BCUT2D eigenvalue weighted by Gasteiger charge is -2.24. The highest BCUT2D eigenvalue weighted by molar-refractivity contribution is 7.91. The fourth-order valence-electron chi connectivity index (χ4n) is 3.72. The van der Waals surface area contributed by atoms with E-state index in [1.54, 1.807) is 17.0 Å². The number of carbonyl (C=O) groups is 1. The number of fused-ring (bicyclic) bond motifs is 1. The molecule has 0 atom stereocenters. The molecule has 35 heavy (non-hydrogen) atoms. The first kappa shape index (κ1) is 27.4. The molecule has 0 fully saturated rings. The Labute approximate surface area is 216 Å². The summed E-state index contributed by atoms with van der Waals surface area (Å²) in [5.74, 6) is 0.441. The largest absolute Gasteiger partial charge is 0.492 e. The summed E-state index contributed by atoms with van der Waals surface area (Å²) in [6, 6.07) is 11.8. The number of para-hydroxylation sites is 1. The highest BCUT2D eigenvalue weighted by Gasteiger charge is 2.23. The number of anilines is 1. The molecule has 3 aromatic rings. The maximum Gasteiger partial charge on any atom is 0.228 e. The molecule has 190 valence electrons. The van der Waals surface area contributed by atoms with Crippen LogP contribution in [0, 0.1) is 0 Å². The van der Waals surface area contributed by atoms with Gasteiger partial charge in [0.1, 0.15) is 11.3 Å². The summed E-state index contributed by atoms with van der Waals surface area (Å²) in [6.45, 7) is 9.57. The Morgan fingerprint density at radius 3 is 2.43 bits per heavy atom. The second kappa shape index (κ2) is 12.7. The normalized spacial score (nSPS) is 11.8. The van der Waals surface area contributed by atoms with Crippen molar-refractivity contribution < 1.29 is 17.9 Å². The highest BCUT2D eigenvalue weighted by Crippen LogP contribution is 2.34. The van der Waals surface area contributed by atoms with Crippen LogP contribution in [0.1, 0.15) is 33.6 Å². The summed E-state index contributed by atoms with van der Waals surface area (Å²) in [4.78, 5) is 22.2. The number of ether oxygens (including phenoxy) is 1. The fourth-order valence-corrected chi connectivity index (χ4v) is 6.18. The van der Waals surface area contributed by atoms with Gasteiger partial charge in [-0.25, -0.2) is 13.4 Å². The number of benzene rings is 2. The number of likely N-dealkylation sites (N-methyl/N-ethyl adjacent to an activating group) is 1. The lowest BCUT2D eigenvalue weighted by Crippen LogP contribution is -2.38. The van der Waals surface area contributed by atoms with E-state index in [1.165, 1.54) is 23.5 Å². The average Bonchev–Trinajstić information content (AvgIpc) is 3.27. The summed E-state index contributed by atoms with van der Waals surface area (Å²) in [5.41, 5.74) is 0.736. The first-order valence-corrected chi connectivity index (χ1v) is 14.7. The van der Waals surface area contributed by atoms with Gasteiger partial charge in [-0.3, -0.25) is 9.69 Å². The number of carbonyl (C=O) groups excluding carboxylic acids is 1. The minimum atomic E-state index is -3.50. The number of hydrogen-bond acceptors (Lipinski definition) is 7. The van der Waals surface area contributed by atoms with Gasteiger partial charge in [-0.05, 0) is 62.8 Å². The van der Waals surface area contributed by atoms with Crippen LogP contribution >= 0.6 is 22.9 Å². The molecular formula is C25H32ClN3O4S2. The predicted octanol–water partition coefficient (Wildman–Crippen LogP) is 5.28. The lowest BCUT2D eigenvalue weighted by molar-refractivity contribution is -0.118. The van der Waals surface area contributed by atoms with Gasteiger partial charge in [0.15, 0.2) is 15.0 Å². The van der Waals surface area contributed by atoms with Crippen molar-refractivity contribution in [1.29, 1.82) is 0 Å². The first-order valence-electron chi connectivity index (χ1n) is 11.8. The van der Waals surface area contributed by atoms with Gasteiger partial charge in [0.05, 0.1) is 22.0 Å². The molecule has 0 saturated carbocycles. The third kappa shape index (κ3) is 7.16. The minimum absolute atomic E-state index is 0.110. The number of amides is 1. The van der Waals surface area contributed by atoms with Gasteiger partial charge in [0.2, 0.25) is 5.91 Å². The Hall–Kier alpha value is -2.20. The molecule has 0 N–H and O–H groups in total. The molecule has 3 rings (SSSR count). The molecule has 0 unspecified atom stereocenters. The lowest BCUT2D eigenvalue weighted by atomic mass is 10.3. The molecule has 2 aromatic carbocycles. The zero-order chi connectivity index (χ0) is 25.4. The van der Waals surface area contributed by atoms with Gasteiger partial charge in [-0.2, -0.15) is 0 Å². The first-order chi connectivity index (χ1) is 16.8. The topological polar surface area (TPSA) is 79.8 Å². The Balaban J connectivity index is 1.77. The second-order valence-corrected chi connectivity index (χ2v) is 11.5. The van der Waals surface area contributed by atoms with Gasteiger partial charge in [-0.1, -0.05) is 42.9 Å². The van der Waals surface area contributed by atoms with Gasteiger partial charge >= 0.3 is 0 Å². The summed E-state index contributed by atoms with van der Waals surface area (Å²) < 4.78 is 32.0. The Bertz CT molecular complexity index is 1230. The molecule has 0 bridgehead atoms. The van der Waals surface area contributed by atoms with E-state index >= 15 is 0 Å². The van der Waals surface area contributed by atoms with Gasteiger partial charge < -0.3 is 9.64 Å². The molecule has 0 aliphatic rings. The Kier molecular flexibility index (Phi) is 9.91. The maximum absolute atomic E-state index is 13.3. The summed E-state index contributed by atoms with van der Waals surface area (Å²) in [6.07, 6.45) is 0.333. The van der Waals surface area contributed by atoms with Crippen LogP contribution in [-0.4, -0.2) is 62.7 Å². The van der Waals surface area contributed by atoms with Crippen molar-refractivity contribution in [2.24, 2.45) is 0 Å². The quantitative estimate of drug-likeness (QED) is 0.295. The fraction of sp³-hybridized carbons (Fsp3) is 0.440. The number of nitrogens with zero attached hydrogens (tertiary/aromatic N) is 3. The van der Waals surface area contributed by atoms with Crippen LogP contribution in [0.15, 0.2) is 47.4 Å².